The van der Waals surface area contributed by atoms with Crippen molar-refractivity contribution in [2.45, 2.75) is 51.5 Å². The number of rotatable bonds is 2. The fraction of sp³-hybridized carbons (Fsp3) is 0.733. The van der Waals surface area contributed by atoms with Gasteiger partial charge in [-0.1, -0.05) is 13.3 Å². The Morgan fingerprint density at radius 2 is 2.10 bits per heavy atom. The van der Waals surface area contributed by atoms with Gasteiger partial charge in [-0.05, 0) is 38.0 Å². The van der Waals surface area contributed by atoms with Crippen molar-refractivity contribution in [3.05, 3.63) is 11.4 Å². The van der Waals surface area contributed by atoms with E-state index in [1.165, 1.54) is 19.3 Å². The van der Waals surface area contributed by atoms with Crippen LogP contribution in [0.15, 0.2) is 0 Å². The minimum absolute atomic E-state index is 0.0776. The van der Waals surface area contributed by atoms with Crippen LogP contribution >= 0.6 is 0 Å². The zero-order valence-electron chi connectivity index (χ0n) is 12.4. The maximum atomic E-state index is 12.9. The number of hydrogen-bond donors (Lipinski definition) is 1. The molecule has 1 aromatic rings. The van der Waals surface area contributed by atoms with Gasteiger partial charge < -0.3 is 10.6 Å². The second kappa shape index (κ2) is 5.11. The Balaban J connectivity index is 1.90. The minimum atomic E-state index is 0.0776. The highest BCUT2D eigenvalue weighted by molar-refractivity contribution is 5.98. The Morgan fingerprint density at radius 3 is 2.80 bits per heavy atom. The first-order valence-corrected chi connectivity index (χ1v) is 7.75. The zero-order chi connectivity index (χ0) is 14.3. The van der Waals surface area contributed by atoms with Crippen molar-refractivity contribution in [2.24, 2.45) is 13.0 Å². The van der Waals surface area contributed by atoms with Crippen LogP contribution in [0.4, 0.5) is 5.69 Å². The van der Waals surface area contributed by atoms with Crippen LogP contribution in [-0.2, 0) is 13.5 Å². The number of fused-ring (bicyclic) bond motifs is 1. The first-order valence-electron chi connectivity index (χ1n) is 7.75. The molecule has 0 aromatic carbocycles. The van der Waals surface area contributed by atoms with Gasteiger partial charge in [0, 0.05) is 19.6 Å². The molecule has 5 nitrogen and oxygen atoms in total. The molecule has 1 aliphatic carbocycles. The number of carbonyl (C=O) groups excluding carboxylic acids is 1. The third-order valence-electron chi connectivity index (χ3n) is 4.95. The van der Waals surface area contributed by atoms with E-state index >= 15 is 0 Å². The molecule has 5 heteroatoms. The molecule has 1 aliphatic heterocycles. The molecule has 0 spiro atoms. The van der Waals surface area contributed by atoms with E-state index in [-0.39, 0.29) is 5.91 Å². The fourth-order valence-electron chi connectivity index (χ4n) is 3.95. The summed E-state index contributed by atoms with van der Waals surface area (Å²) in [5.74, 6) is 0.779. The number of anilines is 1. The average Bonchev–Trinajstić information content (AvgIpc) is 3.02. The Labute approximate surface area is 120 Å². The van der Waals surface area contributed by atoms with Gasteiger partial charge in [0.15, 0.2) is 0 Å². The van der Waals surface area contributed by atoms with Gasteiger partial charge >= 0.3 is 0 Å². The highest BCUT2D eigenvalue weighted by Gasteiger charge is 2.39. The highest BCUT2D eigenvalue weighted by atomic mass is 16.2. The lowest BCUT2D eigenvalue weighted by molar-refractivity contribution is 0.0538. The predicted molar refractivity (Wildman–Crippen MR) is 78.4 cm³/mol. The molecule has 20 heavy (non-hydrogen) atoms. The average molecular weight is 276 g/mol. The van der Waals surface area contributed by atoms with E-state index in [9.17, 15) is 4.79 Å². The SMILES string of the molecule is CCc1nn(C)c(C(=O)N2CCCC3CCCC32)c1N. The summed E-state index contributed by atoms with van der Waals surface area (Å²) in [4.78, 5) is 15.0. The molecule has 110 valence electrons. The lowest BCUT2D eigenvalue weighted by atomic mass is 9.91. The molecule has 2 heterocycles. The van der Waals surface area contributed by atoms with Gasteiger partial charge in [0.1, 0.15) is 5.69 Å². The number of piperidine rings is 1. The maximum Gasteiger partial charge on any atom is 0.274 e. The second-order valence-corrected chi connectivity index (χ2v) is 6.09. The van der Waals surface area contributed by atoms with Crippen LogP contribution in [-0.4, -0.2) is 33.2 Å². The first kappa shape index (κ1) is 13.5. The molecular formula is C15H24N4O. The molecule has 1 saturated heterocycles. The zero-order valence-corrected chi connectivity index (χ0v) is 12.4. The van der Waals surface area contributed by atoms with Crippen molar-refractivity contribution in [1.29, 1.82) is 0 Å². The lowest BCUT2D eigenvalue weighted by Crippen LogP contribution is -2.46. The molecule has 1 saturated carbocycles. The fourth-order valence-corrected chi connectivity index (χ4v) is 3.95. The van der Waals surface area contributed by atoms with E-state index in [1.807, 2.05) is 14.0 Å². The minimum Gasteiger partial charge on any atom is -0.395 e. The maximum absolute atomic E-state index is 12.9. The summed E-state index contributed by atoms with van der Waals surface area (Å²) in [5.41, 5.74) is 8.11. The Bertz CT molecular complexity index is 522. The molecule has 2 N–H and O–H groups in total. The van der Waals surface area contributed by atoms with Crippen molar-refractivity contribution >= 4 is 11.6 Å². The smallest absolute Gasteiger partial charge is 0.274 e. The summed E-state index contributed by atoms with van der Waals surface area (Å²) < 4.78 is 1.66. The van der Waals surface area contributed by atoms with Crippen LogP contribution in [0.3, 0.4) is 0 Å². The van der Waals surface area contributed by atoms with E-state index in [0.717, 1.165) is 31.5 Å². The molecule has 3 rings (SSSR count). The third kappa shape index (κ3) is 2.00. The summed E-state index contributed by atoms with van der Waals surface area (Å²) in [6, 6.07) is 0.427. The van der Waals surface area contributed by atoms with Gasteiger partial charge in [0.25, 0.3) is 5.91 Å². The molecule has 2 unspecified atom stereocenters. The summed E-state index contributed by atoms with van der Waals surface area (Å²) in [5, 5.41) is 4.37. The largest absolute Gasteiger partial charge is 0.395 e. The number of nitrogen functional groups attached to an aromatic ring is 1. The standard InChI is InChI=1S/C15H24N4O/c1-3-11-13(16)14(18(2)17-11)15(20)19-9-5-7-10-6-4-8-12(10)19/h10,12H,3-9,16H2,1-2H3. The van der Waals surface area contributed by atoms with Crippen LogP contribution in [0.5, 0.6) is 0 Å². The normalized spacial score (nSPS) is 25.8. The van der Waals surface area contributed by atoms with E-state index in [4.69, 9.17) is 5.73 Å². The van der Waals surface area contributed by atoms with Gasteiger partial charge in [-0.2, -0.15) is 5.10 Å². The third-order valence-corrected chi connectivity index (χ3v) is 4.95. The van der Waals surface area contributed by atoms with Crippen molar-refractivity contribution in [2.75, 3.05) is 12.3 Å². The number of aryl methyl sites for hydroxylation is 2. The molecular weight excluding hydrogens is 252 g/mol. The lowest BCUT2D eigenvalue weighted by Gasteiger charge is -2.37. The first-order chi connectivity index (χ1) is 9.63. The molecule has 0 radical (unpaired) electrons. The van der Waals surface area contributed by atoms with Gasteiger partial charge in [-0.3, -0.25) is 9.48 Å². The van der Waals surface area contributed by atoms with Gasteiger partial charge in [-0.25, -0.2) is 0 Å². The van der Waals surface area contributed by atoms with Gasteiger partial charge in [-0.15, -0.1) is 0 Å². The Hall–Kier alpha value is -1.52. The number of nitrogens with two attached hydrogens (primary N) is 1. The summed E-state index contributed by atoms with van der Waals surface area (Å²) in [6.07, 6.45) is 6.82. The van der Waals surface area contributed by atoms with E-state index in [0.29, 0.717) is 23.3 Å². The highest BCUT2D eigenvalue weighted by Crippen LogP contribution is 2.37. The number of aromatic nitrogens is 2. The van der Waals surface area contributed by atoms with E-state index < -0.39 is 0 Å². The topological polar surface area (TPSA) is 64.2 Å². The van der Waals surface area contributed by atoms with Crippen molar-refractivity contribution in [3.8, 4) is 0 Å². The second-order valence-electron chi connectivity index (χ2n) is 6.09. The van der Waals surface area contributed by atoms with Crippen molar-refractivity contribution in [1.82, 2.24) is 14.7 Å². The van der Waals surface area contributed by atoms with Crippen LogP contribution in [0.2, 0.25) is 0 Å². The number of nitrogens with zero attached hydrogens (tertiary/aromatic N) is 3. The Morgan fingerprint density at radius 1 is 1.35 bits per heavy atom. The Kier molecular flexibility index (Phi) is 3.44. The van der Waals surface area contributed by atoms with E-state index in [2.05, 4.69) is 10.00 Å². The summed E-state index contributed by atoms with van der Waals surface area (Å²) in [7, 11) is 1.82. The van der Waals surface area contributed by atoms with E-state index in [1.54, 1.807) is 4.68 Å². The van der Waals surface area contributed by atoms with Crippen LogP contribution in [0.25, 0.3) is 0 Å². The number of amides is 1. The van der Waals surface area contributed by atoms with Crippen LogP contribution in [0, 0.1) is 5.92 Å². The monoisotopic (exact) mass is 276 g/mol. The molecule has 0 bridgehead atoms. The predicted octanol–water partition coefficient (Wildman–Crippen LogP) is 1.97. The molecule has 2 atom stereocenters. The molecule has 2 fully saturated rings. The van der Waals surface area contributed by atoms with Crippen molar-refractivity contribution in [3.63, 3.8) is 0 Å². The van der Waals surface area contributed by atoms with Gasteiger partial charge in [0.05, 0.1) is 11.4 Å². The number of hydrogen-bond acceptors (Lipinski definition) is 3. The summed E-state index contributed by atoms with van der Waals surface area (Å²) in [6.45, 7) is 2.88. The number of likely N-dealkylation sites (tertiary alicyclic amines) is 1. The van der Waals surface area contributed by atoms with Gasteiger partial charge in [0.2, 0.25) is 0 Å². The quantitative estimate of drug-likeness (QED) is 0.898. The van der Waals surface area contributed by atoms with Crippen LogP contribution in [0.1, 0.15) is 55.2 Å². The van der Waals surface area contributed by atoms with Crippen LogP contribution < -0.4 is 5.73 Å². The molecule has 2 aliphatic rings. The molecule has 1 aromatic heterocycles. The summed E-state index contributed by atoms with van der Waals surface area (Å²) >= 11 is 0. The number of carbonyl (C=O) groups is 1. The molecule has 1 amide bonds. The van der Waals surface area contributed by atoms with Crippen molar-refractivity contribution < 1.29 is 4.79 Å².